The Balaban J connectivity index is 2.30. The first-order chi connectivity index (χ1) is 9.70. The van der Waals surface area contributed by atoms with Gasteiger partial charge < -0.3 is 14.9 Å². The second kappa shape index (κ2) is 5.93. The number of aromatic nitrogens is 1. The zero-order valence-electron chi connectivity index (χ0n) is 13.5. The fourth-order valence-electron chi connectivity index (χ4n) is 2.65. The summed E-state index contributed by atoms with van der Waals surface area (Å²) in [5.74, 6) is -0.871. The summed E-state index contributed by atoms with van der Waals surface area (Å²) in [6.07, 6.45) is 2.31. The van der Waals surface area contributed by atoms with Crippen molar-refractivity contribution in [2.24, 2.45) is 0 Å². The molecule has 2 rings (SSSR count). The first-order valence-corrected chi connectivity index (χ1v) is 8.17. The monoisotopic (exact) mass is 311 g/mol. The molecule has 0 saturated carbocycles. The molecule has 2 heterocycles. The zero-order valence-corrected chi connectivity index (χ0v) is 14.3. The van der Waals surface area contributed by atoms with Crippen molar-refractivity contribution >= 4 is 22.4 Å². The van der Waals surface area contributed by atoms with E-state index in [2.05, 4.69) is 28.9 Å². The number of piperidine rings is 1. The molecule has 1 saturated heterocycles. The Bertz CT molecular complexity index is 519. The van der Waals surface area contributed by atoms with Gasteiger partial charge in [0, 0.05) is 24.5 Å². The predicted molar refractivity (Wildman–Crippen MR) is 86.7 cm³/mol. The van der Waals surface area contributed by atoms with Crippen molar-refractivity contribution in [3.63, 3.8) is 0 Å². The fraction of sp³-hybridized carbons (Fsp3) is 0.733. The highest BCUT2D eigenvalue weighted by molar-refractivity contribution is 7.17. The topological polar surface area (TPSA) is 56.7 Å². The van der Waals surface area contributed by atoms with E-state index in [4.69, 9.17) is 0 Å². The molecule has 1 aliphatic rings. The van der Waals surface area contributed by atoms with Crippen LogP contribution in [0.25, 0.3) is 0 Å². The Morgan fingerprint density at radius 1 is 1.43 bits per heavy atom. The van der Waals surface area contributed by atoms with Crippen molar-refractivity contribution in [3.05, 3.63) is 10.6 Å². The highest BCUT2D eigenvalue weighted by Gasteiger charge is 2.30. The maximum atomic E-state index is 11.5. The minimum absolute atomic E-state index is 0.251. The van der Waals surface area contributed by atoms with E-state index in [-0.39, 0.29) is 5.41 Å². The molecule has 0 bridgehead atoms. The summed E-state index contributed by atoms with van der Waals surface area (Å²) in [7, 11) is 4.19. The molecule has 0 aliphatic carbocycles. The fourth-order valence-corrected chi connectivity index (χ4v) is 3.80. The lowest BCUT2D eigenvalue weighted by atomic mass is 9.91. The summed E-state index contributed by atoms with van der Waals surface area (Å²) in [4.78, 5) is 21.0. The van der Waals surface area contributed by atoms with Gasteiger partial charge in [0.05, 0.1) is 5.69 Å². The van der Waals surface area contributed by atoms with Crippen molar-refractivity contribution < 1.29 is 9.90 Å². The summed E-state index contributed by atoms with van der Waals surface area (Å²) >= 11 is 1.31. The third-order valence-corrected chi connectivity index (χ3v) is 5.02. The van der Waals surface area contributed by atoms with E-state index in [0.717, 1.165) is 24.6 Å². The van der Waals surface area contributed by atoms with Crippen LogP contribution in [0.4, 0.5) is 5.13 Å². The average Bonchev–Trinajstić information content (AvgIpc) is 2.84. The van der Waals surface area contributed by atoms with Gasteiger partial charge in [-0.15, -0.1) is 0 Å². The number of thiazole rings is 1. The molecule has 6 heteroatoms. The maximum Gasteiger partial charge on any atom is 0.347 e. The lowest BCUT2D eigenvalue weighted by Gasteiger charge is -2.36. The molecule has 1 atom stereocenters. The average molecular weight is 311 g/mol. The largest absolute Gasteiger partial charge is 0.477 e. The molecule has 118 valence electrons. The molecule has 1 fully saturated rings. The zero-order chi connectivity index (χ0) is 15.8. The van der Waals surface area contributed by atoms with Crippen LogP contribution in [0.1, 0.15) is 49.0 Å². The van der Waals surface area contributed by atoms with Crippen LogP contribution in [0.3, 0.4) is 0 Å². The standard InChI is InChI=1S/C15H25N3O2S/c1-15(2,3)12-11(13(19)20)21-14(16-12)18-8-6-7-10(9-18)17(4)5/h10H,6-9H2,1-5H3,(H,19,20). The summed E-state index contributed by atoms with van der Waals surface area (Å²) in [5.41, 5.74) is 0.445. The quantitative estimate of drug-likeness (QED) is 0.930. The third-order valence-electron chi connectivity index (χ3n) is 3.92. The van der Waals surface area contributed by atoms with Crippen LogP contribution in [-0.4, -0.2) is 54.2 Å². The second-order valence-electron chi connectivity index (χ2n) is 6.94. The number of rotatable bonds is 3. The van der Waals surface area contributed by atoms with Crippen molar-refractivity contribution in [1.82, 2.24) is 9.88 Å². The first-order valence-electron chi connectivity index (χ1n) is 7.36. The molecular weight excluding hydrogens is 286 g/mol. The van der Waals surface area contributed by atoms with Crippen molar-refractivity contribution in [2.75, 3.05) is 32.1 Å². The van der Waals surface area contributed by atoms with Gasteiger partial charge >= 0.3 is 5.97 Å². The number of carbonyl (C=O) groups is 1. The SMILES string of the molecule is CN(C)C1CCCN(c2nc(C(C)(C)C)c(C(=O)O)s2)C1. The summed E-state index contributed by atoms with van der Waals surface area (Å²) in [5, 5.41) is 10.3. The van der Waals surface area contributed by atoms with Crippen LogP contribution in [-0.2, 0) is 5.41 Å². The van der Waals surface area contributed by atoms with Gasteiger partial charge in [-0.2, -0.15) is 0 Å². The highest BCUT2D eigenvalue weighted by Crippen LogP contribution is 2.35. The van der Waals surface area contributed by atoms with Gasteiger partial charge in [-0.05, 0) is 26.9 Å². The van der Waals surface area contributed by atoms with Crippen LogP contribution in [0, 0.1) is 0 Å². The molecule has 5 nitrogen and oxygen atoms in total. The van der Waals surface area contributed by atoms with Gasteiger partial charge in [-0.3, -0.25) is 0 Å². The first kappa shape index (κ1) is 16.2. The van der Waals surface area contributed by atoms with Crippen LogP contribution < -0.4 is 4.90 Å². The van der Waals surface area contributed by atoms with Crippen LogP contribution in [0.5, 0.6) is 0 Å². The van der Waals surface area contributed by atoms with E-state index < -0.39 is 5.97 Å². The molecule has 0 radical (unpaired) electrons. The Morgan fingerprint density at radius 3 is 2.57 bits per heavy atom. The molecule has 1 unspecified atom stereocenters. The molecule has 1 aromatic heterocycles. The van der Waals surface area contributed by atoms with E-state index in [1.807, 2.05) is 20.8 Å². The molecule has 1 aromatic rings. The lowest BCUT2D eigenvalue weighted by Crippen LogP contribution is -2.45. The van der Waals surface area contributed by atoms with Crippen molar-refractivity contribution in [2.45, 2.75) is 45.1 Å². The lowest BCUT2D eigenvalue weighted by molar-refractivity contribution is 0.0699. The summed E-state index contributed by atoms with van der Waals surface area (Å²) < 4.78 is 0. The minimum Gasteiger partial charge on any atom is -0.477 e. The molecule has 21 heavy (non-hydrogen) atoms. The second-order valence-corrected chi connectivity index (χ2v) is 7.91. The third kappa shape index (κ3) is 3.55. The highest BCUT2D eigenvalue weighted by atomic mass is 32.1. The van der Waals surface area contributed by atoms with Gasteiger partial charge in [0.2, 0.25) is 0 Å². The molecule has 1 N–H and O–H groups in total. The van der Waals surface area contributed by atoms with Gasteiger partial charge in [0.25, 0.3) is 0 Å². The number of hydrogen-bond donors (Lipinski definition) is 1. The number of likely N-dealkylation sites (N-methyl/N-ethyl adjacent to an activating group) is 1. The summed E-state index contributed by atoms with van der Waals surface area (Å²) in [6, 6.07) is 0.508. The Kier molecular flexibility index (Phi) is 4.58. The smallest absolute Gasteiger partial charge is 0.347 e. The van der Waals surface area contributed by atoms with E-state index in [0.29, 0.717) is 16.6 Å². The number of carboxylic acid groups (broad SMARTS) is 1. The van der Waals surface area contributed by atoms with Gasteiger partial charge in [0.1, 0.15) is 4.88 Å². The number of nitrogens with zero attached hydrogens (tertiary/aromatic N) is 3. The normalized spacial score (nSPS) is 20.1. The number of hydrogen-bond acceptors (Lipinski definition) is 5. The molecular formula is C15H25N3O2S. The molecule has 1 aliphatic heterocycles. The number of carboxylic acids is 1. The van der Waals surface area contributed by atoms with E-state index in [9.17, 15) is 9.90 Å². The maximum absolute atomic E-state index is 11.5. The Labute approximate surface area is 130 Å². The summed E-state index contributed by atoms with van der Waals surface area (Å²) in [6.45, 7) is 7.91. The Morgan fingerprint density at radius 2 is 2.10 bits per heavy atom. The van der Waals surface area contributed by atoms with Gasteiger partial charge in [0.15, 0.2) is 5.13 Å². The van der Waals surface area contributed by atoms with E-state index in [1.54, 1.807) is 0 Å². The minimum atomic E-state index is -0.871. The number of anilines is 1. The van der Waals surface area contributed by atoms with Crippen molar-refractivity contribution in [3.8, 4) is 0 Å². The van der Waals surface area contributed by atoms with Gasteiger partial charge in [-0.25, -0.2) is 9.78 Å². The van der Waals surface area contributed by atoms with Crippen LogP contribution in [0.2, 0.25) is 0 Å². The van der Waals surface area contributed by atoms with Crippen LogP contribution in [0.15, 0.2) is 0 Å². The predicted octanol–water partition coefficient (Wildman–Crippen LogP) is 2.67. The van der Waals surface area contributed by atoms with Gasteiger partial charge in [-0.1, -0.05) is 32.1 Å². The van der Waals surface area contributed by atoms with Crippen molar-refractivity contribution in [1.29, 1.82) is 0 Å². The molecule has 0 aromatic carbocycles. The number of aromatic carboxylic acids is 1. The molecule has 0 amide bonds. The molecule has 0 spiro atoms. The van der Waals surface area contributed by atoms with Crippen LogP contribution >= 0.6 is 11.3 Å². The van der Waals surface area contributed by atoms with E-state index in [1.165, 1.54) is 17.8 Å². The van der Waals surface area contributed by atoms with E-state index >= 15 is 0 Å². The Hall–Kier alpha value is -1.14.